The van der Waals surface area contributed by atoms with Crippen molar-refractivity contribution in [3.8, 4) is 0 Å². The molecule has 0 aromatic carbocycles. The molecule has 34 heavy (non-hydrogen) atoms. The summed E-state index contributed by atoms with van der Waals surface area (Å²) in [6.45, 7) is 19.2. The van der Waals surface area contributed by atoms with Gasteiger partial charge in [0.1, 0.15) is 0 Å². The molecule has 2 N–H and O–H groups in total. The first-order valence-electron chi connectivity index (χ1n) is 14.4. The first kappa shape index (κ1) is 24.8. The molecular formula is C31H51NO2. The maximum atomic E-state index is 13.5. The van der Waals surface area contributed by atoms with Gasteiger partial charge in [-0.1, -0.05) is 46.8 Å². The summed E-state index contributed by atoms with van der Waals surface area (Å²) in [6, 6.07) is 0. The van der Waals surface area contributed by atoms with Crippen LogP contribution in [0, 0.1) is 56.7 Å². The van der Waals surface area contributed by atoms with Gasteiger partial charge in [-0.15, -0.1) is 0 Å². The largest absolute Gasteiger partial charge is 0.393 e. The maximum absolute atomic E-state index is 13.5. The number of carbonyl (C=O) groups is 1. The second-order valence-electron chi connectivity index (χ2n) is 14.8. The van der Waals surface area contributed by atoms with Crippen molar-refractivity contribution in [3.63, 3.8) is 0 Å². The molecule has 0 aliphatic heterocycles. The molecule has 10 atom stereocenters. The molecule has 3 heteroatoms. The molecule has 192 valence electrons. The second-order valence-corrected chi connectivity index (χ2v) is 14.8. The van der Waals surface area contributed by atoms with Crippen LogP contribution in [0.2, 0.25) is 0 Å². The highest BCUT2D eigenvalue weighted by Crippen LogP contribution is 2.77. The Bertz CT molecular complexity index is 879. The van der Waals surface area contributed by atoms with Gasteiger partial charge in [-0.3, -0.25) is 4.79 Å². The van der Waals surface area contributed by atoms with Crippen molar-refractivity contribution in [2.75, 3.05) is 7.05 Å². The van der Waals surface area contributed by atoms with E-state index in [-0.39, 0.29) is 22.3 Å². The second kappa shape index (κ2) is 7.59. The van der Waals surface area contributed by atoms with E-state index in [4.69, 9.17) is 0 Å². The van der Waals surface area contributed by atoms with Crippen LogP contribution in [0.25, 0.3) is 0 Å². The van der Waals surface area contributed by atoms with Crippen LogP contribution < -0.4 is 5.32 Å². The van der Waals surface area contributed by atoms with Gasteiger partial charge >= 0.3 is 0 Å². The lowest BCUT2D eigenvalue weighted by molar-refractivity contribution is -0.246. The van der Waals surface area contributed by atoms with Gasteiger partial charge < -0.3 is 10.4 Å². The minimum absolute atomic E-state index is 0.00349. The quantitative estimate of drug-likeness (QED) is 0.439. The highest BCUT2D eigenvalue weighted by molar-refractivity contribution is 5.83. The fraction of sp³-hybridized carbons (Fsp3) is 0.903. The normalized spacial score (nSPS) is 53.6. The Morgan fingerprint density at radius 2 is 1.56 bits per heavy atom. The molecule has 3 nitrogen and oxygen atoms in total. The molecule has 5 rings (SSSR count). The van der Waals surface area contributed by atoms with Gasteiger partial charge in [0.15, 0.2) is 0 Å². The molecule has 0 bridgehead atoms. The first-order chi connectivity index (χ1) is 15.8. The summed E-state index contributed by atoms with van der Waals surface area (Å²) in [5, 5.41) is 14.0. The third kappa shape index (κ3) is 2.83. The summed E-state index contributed by atoms with van der Waals surface area (Å²) >= 11 is 0. The summed E-state index contributed by atoms with van der Waals surface area (Å²) in [6.07, 6.45) is 11.4. The molecule has 5 aliphatic carbocycles. The number of aliphatic hydroxyl groups is 1. The van der Waals surface area contributed by atoms with Crippen LogP contribution >= 0.6 is 0 Å². The SMILES string of the molecule is C=C(C)[C@@H]1CC[C@]2(C(=O)NC)CC[C@]3(C)[C@H](CC[C@@H]4[C@@]5(C)CC[C@H](O)C(C)(C)[C@@H]5CC[C@]43C)[C@@H]12. The molecule has 0 aromatic heterocycles. The minimum Gasteiger partial charge on any atom is -0.393 e. The highest BCUT2D eigenvalue weighted by atomic mass is 16.3. The Hall–Kier alpha value is -0.830. The van der Waals surface area contributed by atoms with Crippen molar-refractivity contribution in [3.05, 3.63) is 12.2 Å². The number of hydrogen-bond donors (Lipinski definition) is 2. The Labute approximate surface area is 208 Å². The van der Waals surface area contributed by atoms with E-state index >= 15 is 0 Å². The lowest BCUT2D eigenvalue weighted by atomic mass is 9.32. The average molecular weight is 470 g/mol. The van der Waals surface area contributed by atoms with Crippen LogP contribution in [0.15, 0.2) is 12.2 Å². The van der Waals surface area contributed by atoms with Gasteiger partial charge in [-0.2, -0.15) is 0 Å². The standard InChI is InChI=1S/C31H51NO2/c1-19(2)20-11-16-31(26(34)32-8)18-17-29(6)21(25(20)31)9-10-23-28(5)14-13-24(33)27(3,4)22(28)12-15-30(23,29)7/h20-25,33H,1,9-18H2,2-8H3,(H,32,34)/t20-,21+,22-,23+,24-,25+,28-,29+,30+,31-/m0/s1. The summed E-state index contributed by atoms with van der Waals surface area (Å²) in [4.78, 5) is 13.5. The summed E-state index contributed by atoms with van der Waals surface area (Å²) in [5.41, 5.74) is 1.99. The molecule has 0 radical (unpaired) electrons. The zero-order valence-corrected chi connectivity index (χ0v) is 23.1. The smallest absolute Gasteiger partial charge is 0.226 e. The molecule has 5 fully saturated rings. The maximum Gasteiger partial charge on any atom is 0.226 e. The lowest BCUT2D eigenvalue weighted by Crippen LogP contribution is -2.67. The molecule has 5 aliphatic rings. The average Bonchev–Trinajstić information content (AvgIpc) is 3.18. The van der Waals surface area contributed by atoms with Gasteiger partial charge in [0.25, 0.3) is 0 Å². The summed E-state index contributed by atoms with van der Waals surface area (Å²) in [5.74, 6) is 3.14. The van der Waals surface area contributed by atoms with Crippen molar-refractivity contribution in [2.45, 2.75) is 112 Å². The number of hydrogen-bond acceptors (Lipinski definition) is 2. The van der Waals surface area contributed by atoms with Crippen LogP contribution in [0.1, 0.15) is 106 Å². The summed E-state index contributed by atoms with van der Waals surface area (Å²) in [7, 11) is 1.84. The number of rotatable bonds is 2. The van der Waals surface area contributed by atoms with Gasteiger partial charge in [0.2, 0.25) is 5.91 Å². The zero-order chi connectivity index (χ0) is 24.9. The van der Waals surface area contributed by atoms with Crippen LogP contribution in [0.4, 0.5) is 0 Å². The van der Waals surface area contributed by atoms with Gasteiger partial charge in [-0.25, -0.2) is 0 Å². The fourth-order valence-corrected chi connectivity index (χ4v) is 11.8. The molecule has 0 spiro atoms. The third-order valence-electron chi connectivity index (χ3n) is 13.7. The van der Waals surface area contributed by atoms with Crippen molar-refractivity contribution >= 4 is 5.91 Å². The number of nitrogens with one attached hydrogen (secondary N) is 1. The van der Waals surface area contributed by atoms with Crippen molar-refractivity contribution in [2.24, 2.45) is 56.7 Å². The minimum atomic E-state index is -0.191. The first-order valence-corrected chi connectivity index (χ1v) is 14.4. The number of allylic oxidation sites excluding steroid dienone is 1. The van der Waals surface area contributed by atoms with Crippen LogP contribution in [0.5, 0.6) is 0 Å². The van der Waals surface area contributed by atoms with Crippen LogP contribution in [0.3, 0.4) is 0 Å². The number of carbonyl (C=O) groups excluding carboxylic acids is 1. The molecule has 0 aromatic rings. The Morgan fingerprint density at radius 1 is 0.853 bits per heavy atom. The van der Waals surface area contributed by atoms with E-state index in [0.29, 0.717) is 46.3 Å². The van der Waals surface area contributed by atoms with Crippen molar-refractivity contribution in [1.82, 2.24) is 5.32 Å². The van der Waals surface area contributed by atoms with Gasteiger partial charge in [0, 0.05) is 7.05 Å². The van der Waals surface area contributed by atoms with E-state index in [2.05, 4.69) is 53.4 Å². The zero-order valence-electron chi connectivity index (χ0n) is 23.1. The predicted octanol–water partition coefficient (Wildman–Crippen LogP) is 6.75. The monoisotopic (exact) mass is 469 g/mol. The van der Waals surface area contributed by atoms with E-state index in [1.807, 2.05) is 7.05 Å². The van der Waals surface area contributed by atoms with E-state index in [1.165, 1.54) is 44.1 Å². The number of aliphatic hydroxyl groups excluding tert-OH is 1. The lowest BCUT2D eigenvalue weighted by Gasteiger charge is -2.72. The summed E-state index contributed by atoms with van der Waals surface area (Å²) < 4.78 is 0. The predicted molar refractivity (Wildman–Crippen MR) is 139 cm³/mol. The van der Waals surface area contributed by atoms with Crippen molar-refractivity contribution in [1.29, 1.82) is 0 Å². The molecule has 0 unspecified atom stereocenters. The Kier molecular flexibility index (Phi) is 5.55. The Morgan fingerprint density at radius 3 is 2.21 bits per heavy atom. The highest BCUT2D eigenvalue weighted by Gasteiger charge is 2.71. The van der Waals surface area contributed by atoms with Crippen LogP contribution in [-0.2, 0) is 4.79 Å². The number of fused-ring (bicyclic) bond motifs is 7. The molecule has 1 amide bonds. The number of amides is 1. The van der Waals surface area contributed by atoms with Gasteiger partial charge in [-0.05, 0) is 122 Å². The van der Waals surface area contributed by atoms with E-state index < -0.39 is 0 Å². The molecule has 5 saturated carbocycles. The van der Waals surface area contributed by atoms with Crippen LogP contribution in [-0.4, -0.2) is 24.2 Å². The fourth-order valence-electron chi connectivity index (χ4n) is 11.8. The van der Waals surface area contributed by atoms with E-state index in [0.717, 1.165) is 25.7 Å². The molecule has 0 saturated heterocycles. The molecular weight excluding hydrogens is 418 g/mol. The molecule has 0 heterocycles. The van der Waals surface area contributed by atoms with Gasteiger partial charge in [0.05, 0.1) is 11.5 Å². The topological polar surface area (TPSA) is 49.3 Å². The van der Waals surface area contributed by atoms with Crippen molar-refractivity contribution < 1.29 is 9.90 Å². The Balaban J connectivity index is 1.56. The van der Waals surface area contributed by atoms with E-state index in [9.17, 15) is 9.90 Å². The third-order valence-corrected chi connectivity index (χ3v) is 13.7. The van der Waals surface area contributed by atoms with E-state index in [1.54, 1.807) is 0 Å².